The third-order valence-corrected chi connectivity index (χ3v) is 7.48. The van der Waals surface area contributed by atoms with Gasteiger partial charge in [-0.3, -0.25) is 4.79 Å². The molecule has 36 heavy (non-hydrogen) atoms. The first-order chi connectivity index (χ1) is 17.5. The normalized spacial score (nSPS) is 16.1. The summed E-state index contributed by atoms with van der Waals surface area (Å²) in [7, 11) is 0. The lowest BCUT2D eigenvalue weighted by molar-refractivity contribution is -0.125. The molecule has 1 aliphatic heterocycles. The maximum absolute atomic E-state index is 14.1. The minimum absolute atomic E-state index is 0.0363. The number of nitrogens with one attached hydrogen (secondary N) is 1. The van der Waals surface area contributed by atoms with Gasteiger partial charge in [-0.2, -0.15) is 0 Å². The Kier molecular flexibility index (Phi) is 5.80. The lowest BCUT2D eigenvalue weighted by Gasteiger charge is -2.33. The van der Waals surface area contributed by atoms with Crippen molar-refractivity contribution >= 4 is 44.3 Å². The molecule has 0 saturated carbocycles. The molecule has 0 spiro atoms. The van der Waals surface area contributed by atoms with Crippen LogP contribution in [0.1, 0.15) is 24.0 Å². The second-order valence-corrected chi connectivity index (χ2v) is 9.99. The molecule has 1 atom stereocenters. The lowest BCUT2D eigenvalue weighted by Crippen LogP contribution is -2.43. The fourth-order valence-electron chi connectivity index (χ4n) is 4.66. The van der Waals surface area contributed by atoms with E-state index >= 15 is 0 Å². The molecule has 6 rings (SSSR count). The van der Waals surface area contributed by atoms with Crippen LogP contribution in [-0.2, 0) is 11.3 Å². The van der Waals surface area contributed by atoms with Crippen molar-refractivity contribution < 1.29 is 9.18 Å². The molecule has 1 amide bonds. The van der Waals surface area contributed by atoms with Gasteiger partial charge in [0.1, 0.15) is 18.0 Å². The number of carbonyl (C=O) groups is 1. The molecule has 1 unspecified atom stereocenters. The minimum atomic E-state index is -0.283. The van der Waals surface area contributed by atoms with Crippen molar-refractivity contribution in [3.63, 3.8) is 0 Å². The quantitative estimate of drug-likeness (QED) is 0.384. The SMILES string of the molecule is Cc1ccc(-n2cc3c(N4CCCC(C(=O)NCc5ccc6scnc6c5)C4)ncnc3n2)cc1F. The van der Waals surface area contributed by atoms with Crippen molar-refractivity contribution in [2.24, 2.45) is 5.92 Å². The highest BCUT2D eigenvalue weighted by Gasteiger charge is 2.28. The van der Waals surface area contributed by atoms with Gasteiger partial charge in [0.15, 0.2) is 5.65 Å². The molecule has 4 heterocycles. The maximum atomic E-state index is 14.1. The topological polar surface area (TPSA) is 88.8 Å². The Balaban J connectivity index is 1.19. The number of hydrogen-bond donors (Lipinski definition) is 1. The number of carbonyl (C=O) groups excluding carboxylic acids is 1. The van der Waals surface area contributed by atoms with E-state index < -0.39 is 0 Å². The van der Waals surface area contributed by atoms with Gasteiger partial charge in [-0.1, -0.05) is 12.1 Å². The van der Waals surface area contributed by atoms with E-state index in [9.17, 15) is 9.18 Å². The standard InChI is InChI=1S/C26H24FN7OS/c1-16-4-6-19(10-21(16)27)34-13-20-24(32-34)29-14-30-25(20)33-8-2-3-18(12-33)26(35)28-11-17-5-7-23-22(9-17)31-15-36-23/h4-7,9-10,13-15,18H,2-3,8,11-12H2,1H3,(H,28,35). The number of aromatic nitrogens is 5. The highest BCUT2D eigenvalue weighted by molar-refractivity contribution is 7.16. The number of aryl methyl sites for hydroxylation is 1. The van der Waals surface area contributed by atoms with E-state index in [-0.39, 0.29) is 17.6 Å². The molecule has 1 saturated heterocycles. The van der Waals surface area contributed by atoms with Crippen LogP contribution in [0.3, 0.4) is 0 Å². The van der Waals surface area contributed by atoms with E-state index in [1.165, 1.54) is 12.4 Å². The summed E-state index contributed by atoms with van der Waals surface area (Å²) in [5, 5.41) is 8.40. The number of amides is 1. The van der Waals surface area contributed by atoms with E-state index in [2.05, 4.69) is 30.3 Å². The first-order valence-corrected chi connectivity index (χ1v) is 12.7. The van der Waals surface area contributed by atoms with Crippen LogP contribution in [0.25, 0.3) is 26.9 Å². The highest BCUT2D eigenvalue weighted by atomic mass is 32.1. The van der Waals surface area contributed by atoms with Gasteiger partial charge in [0.05, 0.1) is 32.7 Å². The number of nitrogens with zero attached hydrogens (tertiary/aromatic N) is 6. The number of hydrogen-bond acceptors (Lipinski definition) is 7. The van der Waals surface area contributed by atoms with Crippen LogP contribution in [0, 0.1) is 18.7 Å². The second-order valence-electron chi connectivity index (χ2n) is 9.10. The Hall–Kier alpha value is -3.92. The van der Waals surface area contributed by atoms with Gasteiger partial charge in [-0.25, -0.2) is 24.0 Å². The molecule has 3 aromatic heterocycles. The second kappa shape index (κ2) is 9.27. The molecule has 182 valence electrons. The molecule has 10 heteroatoms. The van der Waals surface area contributed by atoms with Crippen LogP contribution >= 0.6 is 11.3 Å². The van der Waals surface area contributed by atoms with E-state index in [0.717, 1.165) is 46.4 Å². The van der Waals surface area contributed by atoms with Gasteiger partial charge in [0.25, 0.3) is 0 Å². The summed E-state index contributed by atoms with van der Waals surface area (Å²) in [6, 6.07) is 11.1. The Labute approximate surface area is 210 Å². The van der Waals surface area contributed by atoms with E-state index in [1.807, 2.05) is 36.0 Å². The van der Waals surface area contributed by atoms with Gasteiger partial charge in [0, 0.05) is 25.8 Å². The van der Waals surface area contributed by atoms with E-state index in [1.54, 1.807) is 29.0 Å². The first-order valence-electron chi connectivity index (χ1n) is 11.9. The van der Waals surface area contributed by atoms with Crippen molar-refractivity contribution in [1.82, 2.24) is 30.0 Å². The summed E-state index contributed by atoms with van der Waals surface area (Å²) in [6.07, 6.45) is 5.02. The van der Waals surface area contributed by atoms with Crippen LogP contribution < -0.4 is 10.2 Å². The van der Waals surface area contributed by atoms with Gasteiger partial charge in [-0.15, -0.1) is 16.4 Å². The Bertz CT molecular complexity index is 1580. The number of thiazole rings is 1. The number of anilines is 1. The zero-order chi connectivity index (χ0) is 24.6. The Morgan fingerprint density at radius 2 is 2.11 bits per heavy atom. The van der Waals surface area contributed by atoms with Crippen LogP contribution in [0.15, 0.2) is 54.4 Å². The van der Waals surface area contributed by atoms with Gasteiger partial charge >= 0.3 is 0 Å². The molecule has 8 nitrogen and oxygen atoms in total. The zero-order valence-corrected chi connectivity index (χ0v) is 20.5. The summed E-state index contributed by atoms with van der Waals surface area (Å²) in [5.41, 5.74) is 5.55. The molecule has 5 aromatic rings. The Morgan fingerprint density at radius 3 is 3.00 bits per heavy atom. The monoisotopic (exact) mass is 501 g/mol. The Morgan fingerprint density at radius 1 is 1.19 bits per heavy atom. The van der Waals surface area contributed by atoms with Gasteiger partial charge in [-0.05, 0) is 55.2 Å². The summed E-state index contributed by atoms with van der Waals surface area (Å²) in [5.74, 6) is 0.349. The molecular formula is C26H24FN7OS. The average molecular weight is 502 g/mol. The molecule has 0 aliphatic carbocycles. The van der Waals surface area contributed by atoms with E-state index in [4.69, 9.17) is 0 Å². The third-order valence-electron chi connectivity index (χ3n) is 6.67. The highest BCUT2D eigenvalue weighted by Crippen LogP contribution is 2.28. The summed E-state index contributed by atoms with van der Waals surface area (Å²) in [6.45, 7) is 3.55. The maximum Gasteiger partial charge on any atom is 0.225 e. The van der Waals surface area contributed by atoms with Gasteiger partial charge < -0.3 is 10.2 Å². The van der Waals surface area contributed by atoms with Crippen molar-refractivity contribution in [2.75, 3.05) is 18.0 Å². The molecule has 1 N–H and O–H groups in total. The number of piperidine rings is 1. The molecule has 1 fully saturated rings. The van der Waals surface area contributed by atoms with Gasteiger partial charge in [0.2, 0.25) is 5.91 Å². The predicted molar refractivity (Wildman–Crippen MR) is 138 cm³/mol. The first kappa shape index (κ1) is 22.5. The average Bonchev–Trinajstić information content (AvgIpc) is 3.55. The zero-order valence-electron chi connectivity index (χ0n) is 19.7. The van der Waals surface area contributed by atoms with Crippen LogP contribution in [-0.4, -0.2) is 43.7 Å². The van der Waals surface area contributed by atoms with Crippen LogP contribution in [0.2, 0.25) is 0 Å². The summed E-state index contributed by atoms with van der Waals surface area (Å²) < 4.78 is 16.9. The number of rotatable bonds is 5. The van der Waals surface area contributed by atoms with Crippen LogP contribution in [0.5, 0.6) is 0 Å². The number of fused-ring (bicyclic) bond motifs is 2. The fourth-order valence-corrected chi connectivity index (χ4v) is 5.32. The van der Waals surface area contributed by atoms with Crippen LogP contribution in [0.4, 0.5) is 10.2 Å². The summed E-state index contributed by atoms with van der Waals surface area (Å²) >= 11 is 1.61. The molecule has 0 radical (unpaired) electrons. The fraction of sp³-hybridized carbons (Fsp3) is 0.269. The van der Waals surface area contributed by atoms with Crippen molar-refractivity contribution in [1.29, 1.82) is 0 Å². The lowest BCUT2D eigenvalue weighted by atomic mass is 9.97. The minimum Gasteiger partial charge on any atom is -0.355 e. The van der Waals surface area contributed by atoms with Crippen molar-refractivity contribution in [2.45, 2.75) is 26.3 Å². The van der Waals surface area contributed by atoms with Crippen molar-refractivity contribution in [3.05, 3.63) is 71.4 Å². The number of benzene rings is 2. The van der Waals surface area contributed by atoms with E-state index in [0.29, 0.717) is 30.0 Å². The van der Waals surface area contributed by atoms with Crippen molar-refractivity contribution in [3.8, 4) is 5.69 Å². The summed E-state index contributed by atoms with van der Waals surface area (Å²) in [4.78, 5) is 28.4. The predicted octanol–water partition coefficient (Wildman–Crippen LogP) is 4.41. The molecule has 1 aliphatic rings. The molecule has 2 aromatic carbocycles. The largest absolute Gasteiger partial charge is 0.355 e. The molecule has 0 bridgehead atoms. The molecular weight excluding hydrogens is 477 g/mol. The number of halogens is 1. The third kappa shape index (κ3) is 4.28. The smallest absolute Gasteiger partial charge is 0.225 e.